The summed E-state index contributed by atoms with van der Waals surface area (Å²) in [6, 6.07) is 71.6. The Labute approximate surface area is 293 Å². The topological polar surface area (TPSA) is 3.24 Å². The first kappa shape index (κ1) is 29.5. The molecule has 1 atom stereocenters. The minimum atomic E-state index is -0.618. The molecule has 0 fully saturated rings. The lowest BCUT2D eigenvalue weighted by Gasteiger charge is -2.29. The van der Waals surface area contributed by atoms with Gasteiger partial charge in [0, 0.05) is 22.6 Å². The van der Waals surface area contributed by atoms with Crippen LogP contribution >= 0.6 is 0 Å². The molecule has 0 spiro atoms. The Kier molecular flexibility index (Phi) is 7.34. The third-order valence-electron chi connectivity index (χ3n) is 9.89. The van der Waals surface area contributed by atoms with Gasteiger partial charge in [-0.05, 0) is 98.2 Å². The number of hydrogen-bond acceptors (Lipinski definition) is 1. The molecule has 1 heteroatoms. The highest BCUT2D eigenvalue weighted by molar-refractivity contribution is 5.92. The number of hydrogen-bond donors (Lipinski definition) is 0. The van der Waals surface area contributed by atoms with Crippen molar-refractivity contribution >= 4 is 27.8 Å². The number of rotatable bonds is 5. The maximum Gasteiger partial charge on any atom is 0.108 e. The van der Waals surface area contributed by atoms with Crippen LogP contribution in [-0.2, 0) is 5.41 Å². The Balaban J connectivity index is 1.25. The van der Waals surface area contributed by atoms with Crippen LogP contribution in [-0.4, -0.2) is 0 Å². The number of benzene rings is 8. The van der Waals surface area contributed by atoms with Crippen LogP contribution in [0, 0.1) is 11.8 Å². The lowest BCUT2D eigenvalue weighted by atomic mass is 9.73. The van der Waals surface area contributed by atoms with Gasteiger partial charge in [-0.15, -0.1) is 0 Å². The van der Waals surface area contributed by atoms with Crippen LogP contribution < -0.4 is 4.90 Å². The Morgan fingerprint density at radius 1 is 0.380 bits per heavy atom. The predicted octanol–water partition coefficient (Wildman–Crippen LogP) is 12.3. The third-order valence-corrected chi connectivity index (χ3v) is 9.89. The van der Waals surface area contributed by atoms with Crippen LogP contribution in [0.3, 0.4) is 0 Å². The highest BCUT2D eigenvalue weighted by Crippen LogP contribution is 2.54. The van der Waals surface area contributed by atoms with E-state index in [1.807, 2.05) is 6.07 Å². The molecule has 234 valence electrons. The van der Waals surface area contributed by atoms with Gasteiger partial charge in [-0.1, -0.05) is 164 Å². The Morgan fingerprint density at radius 3 is 1.72 bits per heavy atom. The molecule has 0 bridgehead atoms. The second-order valence-corrected chi connectivity index (χ2v) is 12.8. The van der Waals surface area contributed by atoms with Crippen LogP contribution in [0.4, 0.5) is 17.1 Å². The molecule has 1 unspecified atom stereocenters. The van der Waals surface area contributed by atoms with Crippen molar-refractivity contribution in [1.29, 1.82) is 0 Å². The standard InChI is InChI=1S/C49H33N/c1-4-14-36(15-5-1)32-33-49(41-20-8-3-9-21-41)47-23-13-12-22-45(47)46-35-44(30-31-48(46)49)50(43-29-26-38-18-10-11-19-40(38)34-43)42-27-24-39(25-28-42)37-16-6-2-7-17-37/h1-31,34-35H. The van der Waals surface area contributed by atoms with Crippen LogP contribution in [0.15, 0.2) is 200 Å². The molecule has 9 rings (SSSR count). The molecule has 0 amide bonds. The van der Waals surface area contributed by atoms with E-state index in [0.717, 1.165) is 22.6 Å². The summed E-state index contributed by atoms with van der Waals surface area (Å²) in [5.74, 6) is 7.40. The highest BCUT2D eigenvalue weighted by Gasteiger charge is 2.43. The summed E-state index contributed by atoms with van der Waals surface area (Å²) in [7, 11) is 0. The maximum atomic E-state index is 3.83. The number of fused-ring (bicyclic) bond motifs is 4. The summed E-state index contributed by atoms with van der Waals surface area (Å²) in [6.45, 7) is 0. The molecule has 0 saturated carbocycles. The Bertz CT molecular complexity index is 2520. The van der Waals surface area contributed by atoms with Gasteiger partial charge in [0.05, 0.1) is 0 Å². The molecule has 8 aromatic rings. The zero-order valence-electron chi connectivity index (χ0n) is 27.5. The Morgan fingerprint density at radius 2 is 0.940 bits per heavy atom. The molecule has 8 aromatic carbocycles. The van der Waals surface area contributed by atoms with Crippen molar-refractivity contribution in [1.82, 2.24) is 0 Å². The fourth-order valence-electron chi connectivity index (χ4n) is 7.50. The van der Waals surface area contributed by atoms with Crippen molar-refractivity contribution in [2.24, 2.45) is 0 Å². The van der Waals surface area contributed by atoms with Gasteiger partial charge in [0.15, 0.2) is 0 Å². The zero-order chi connectivity index (χ0) is 33.3. The molecular formula is C49H33N. The molecular weight excluding hydrogens is 603 g/mol. The molecule has 0 heterocycles. The van der Waals surface area contributed by atoms with Gasteiger partial charge in [-0.2, -0.15) is 0 Å². The van der Waals surface area contributed by atoms with Gasteiger partial charge < -0.3 is 4.90 Å². The van der Waals surface area contributed by atoms with E-state index in [1.165, 1.54) is 49.7 Å². The SMILES string of the molecule is C(#CC1(c2ccccc2)c2ccccc2-c2cc(N(c3ccc(-c4ccccc4)cc3)c3ccc4ccccc4c3)ccc21)c1ccccc1. The van der Waals surface area contributed by atoms with Crippen LogP contribution in [0.5, 0.6) is 0 Å². The van der Waals surface area contributed by atoms with Gasteiger partial charge in [0.2, 0.25) is 0 Å². The van der Waals surface area contributed by atoms with Crippen LogP contribution in [0.2, 0.25) is 0 Å². The monoisotopic (exact) mass is 635 g/mol. The fourth-order valence-corrected chi connectivity index (χ4v) is 7.50. The van der Waals surface area contributed by atoms with Crippen molar-refractivity contribution in [3.63, 3.8) is 0 Å². The van der Waals surface area contributed by atoms with E-state index >= 15 is 0 Å². The first-order valence-electron chi connectivity index (χ1n) is 17.1. The molecule has 0 N–H and O–H groups in total. The summed E-state index contributed by atoms with van der Waals surface area (Å²) < 4.78 is 0. The molecule has 0 saturated heterocycles. The summed E-state index contributed by atoms with van der Waals surface area (Å²) in [6.07, 6.45) is 0. The van der Waals surface area contributed by atoms with Crippen molar-refractivity contribution in [3.05, 3.63) is 222 Å². The van der Waals surface area contributed by atoms with E-state index in [1.54, 1.807) is 0 Å². The van der Waals surface area contributed by atoms with Crippen molar-refractivity contribution in [2.75, 3.05) is 4.90 Å². The summed E-state index contributed by atoms with van der Waals surface area (Å²) in [5, 5.41) is 2.44. The second-order valence-electron chi connectivity index (χ2n) is 12.8. The van der Waals surface area contributed by atoms with Gasteiger partial charge in [-0.25, -0.2) is 0 Å². The summed E-state index contributed by atoms with van der Waals surface area (Å²) >= 11 is 0. The molecule has 50 heavy (non-hydrogen) atoms. The average Bonchev–Trinajstić information content (AvgIpc) is 3.48. The van der Waals surface area contributed by atoms with E-state index in [9.17, 15) is 0 Å². The lowest BCUT2D eigenvalue weighted by Crippen LogP contribution is -2.25. The largest absolute Gasteiger partial charge is 0.310 e. The number of anilines is 3. The van der Waals surface area contributed by atoms with Crippen molar-refractivity contribution in [3.8, 4) is 34.1 Å². The smallest absolute Gasteiger partial charge is 0.108 e. The van der Waals surface area contributed by atoms with E-state index in [-0.39, 0.29) is 0 Å². The highest BCUT2D eigenvalue weighted by atomic mass is 15.1. The van der Waals surface area contributed by atoms with E-state index in [2.05, 4.69) is 211 Å². The quantitative estimate of drug-likeness (QED) is 0.170. The van der Waals surface area contributed by atoms with Crippen LogP contribution in [0.1, 0.15) is 22.3 Å². The molecule has 1 aliphatic carbocycles. The first-order valence-corrected chi connectivity index (χ1v) is 17.1. The first-order chi connectivity index (χ1) is 24.8. The summed E-state index contributed by atoms with van der Waals surface area (Å²) in [5.41, 5.74) is 12.1. The maximum absolute atomic E-state index is 3.83. The molecule has 0 radical (unpaired) electrons. The van der Waals surface area contributed by atoms with Crippen molar-refractivity contribution in [2.45, 2.75) is 5.41 Å². The molecule has 1 aliphatic rings. The second kappa shape index (κ2) is 12.4. The van der Waals surface area contributed by atoms with Gasteiger partial charge in [0.1, 0.15) is 5.41 Å². The average molecular weight is 636 g/mol. The number of nitrogens with zero attached hydrogens (tertiary/aromatic N) is 1. The minimum Gasteiger partial charge on any atom is -0.310 e. The van der Waals surface area contributed by atoms with E-state index in [4.69, 9.17) is 0 Å². The Hall–Kier alpha value is -6.62. The minimum absolute atomic E-state index is 0.618. The molecule has 1 nitrogen and oxygen atoms in total. The third kappa shape index (κ3) is 5.07. The van der Waals surface area contributed by atoms with Crippen LogP contribution in [0.25, 0.3) is 33.0 Å². The molecule has 0 aliphatic heterocycles. The van der Waals surface area contributed by atoms with Gasteiger partial charge in [-0.3, -0.25) is 0 Å². The van der Waals surface area contributed by atoms with Crippen molar-refractivity contribution < 1.29 is 0 Å². The fraction of sp³-hybridized carbons (Fsp3) is 0.0204. The predicted molar refractivity (Wildman–Crippen MR) is 209 cm³/mol. The van der Waals surface area contributed by atoms with Gasteiger partial charge >= 0.3 is 0 Å². The van der Waals surface area contributed by atoms with E-state index in [0.29, 0.717) is 0 Å². The lowest BCUT2D eigenvalue weighted by molar-refractivity contribution is 0.837. The summed E-state index contributed by atoms with van der Waals surface area (Å²) in [4.78, 5) is 2.38. The van der Waals surface area contributed by atoms with E-state index < -0.39 is 5.41 Å². The molecule has 0 aromatic heterocycles. The zero-order valence-corrected chi connectivity index (χ0v) is 27.5. The van der Waals surface area contributed by atoms with Gasteiger partial charge in [0.25, 0.3) is 0 Å². The normalized spacial score (nSPS) is 14.3.